The van der Waals surface area contributed by atoms with Gasteiger partial charge in [-0.2, -0.15) is 4.31 Å². The second-order valence-electron chi connectivity index (χ2n) is 6.49. The van der Waals surface area contributed by atoms with Crippen LogP contribution in [0.25, 0.3) is 0 Å². The fraction of sp³-hybridized carbons (Fsp3) is 0.333. The number of carbonyl (C=O) groups excluding carboxylic acids is 1. The van der Waals surface area contributed by atoms with E-state index in [1.807, 2.05) is 18.2 Å². The summed E-state index contributed by atoms with van der Waals surface area (Å²) in [6, 6.07) is 8.62. The number of piperazine rings is 1. The van der Waals surface area contributed by atoms with Crippen molar-refractivity contribution in [2.75, 3.05) is 31.5 Å². The number of nitrogens with zero attached hydrogens (tertiary/aromatic N) is 3. The Hall–Kier alpha value is -2.49. The molecule has 27 heavy (non-hydrogen) atoms. The van der Waals surface area contributed by atoms with Gasteiger partial charge in [-0.15, -0.1) is 0 Å². The lowest BCUT2D eigenvalue weighted by Crippen LogP contribution is -2.51. The molecule has 0 aliphatic carbocycles. The Morgan fingerprint density at radius 1 is 1.07 bits per heavy atom. The number of nitrogens with one attached hydrogen (secondary N) is 1. The zero-order valence-corrected chi connectivity index (χ0v) is 15.5. The van der Waals surface area contributed by atoms with Crippen LogP contribution < -0.4 is 5.32 Å². The summed E-state index contributed by atoms with van der Waals surface area (Å²) in [6.07, 6.45) is 2.87. The van der Waals surface area contributed by atoms with Crippen LogP contribution in [0, 0.1) is 0 Å². The van der Waals surface area contributed by atoms with E-state index in [-0.39, 0.29) is 24.0 Å². The standard InChI is InChI=1S/C18H20N4O4S/c23-18(20-16-4-3-14-12-26-13-15(14)10-16)21-6-8-22(9-7-21)27(24,25)17-2-1-5-19-11-17/h1-5,10-11H,6-9,12-13H2,(H,20,23). The highest BCUT2D eigenvalue weighted by molar-refractivity contribution is 7.89. The molecule has 1 aromatic carbocycles. The summed E-state index contributed by atoms with van der Waals surface area (Å²) in [5.41, 5.74) is 2.94. The van der Waals surface area contributed by atoms with E-state index >= 15 is 0 Å². The highest BCUT2D eigenvalue weighted by Crippen LogP contribution is 2.23. The van der Waals surface area contributed by atoms with Crippen LogP contribution in [0.4, 0.5) is 10.5 Å². The summed E-state index contributed by atoms with van der Waals surface area (Å²) in [5.74, 6) is 0. The molecule has 9 heteroatoms. The molecule has 2 aliphatic rings. The Morgan fingerprint density at radius 2 is 1.85 bits per heavy atom. The van der Waals surface area contributed by atoms with Gasteiger partial charge in [-0.05, 0) is 35.4 Å². The van der Waals surface area contributed by atoms with Gasteiger partial charge in [0.1, 0.15) is 4.90 Å². The van der Waals surface area contributed by atoms with Crippen LogP contribution >= 0.6 is 0 Å². The number of ether oxygens (including phenoxy) is 1. The van der Waals surface area contributed by atoms with Gasteiger partial charge in [0.2, 0.25) is 10.0 Å². The van der Waals surface area contributed by atoms with E-state index in [1.165, 1.54) is 22.8 Å². The van der Waals surface area contributed by atoms with Gasteiger partial charge in [0, 0.05) is 44.3 Å². The minimum Gasteiger partial charge on any atom is -0.372 e. The molecule has 8 nitrogen and oxygen atoms in total. The number of amides is 2. The number of rotatable bonds is 3. The van der Waals surface area contributed by atoms with Gasteiger partial charge in [-0.3, -0.25) is 4.98 Å². The van der Waals surface area contributed by atoms with Gasteiger partial charge < -0.3 is 15.0 Å². The lowest BCUT2D eigenvalue weighted by atomic mass is 10.1. The van der Waals surface area contributed by atoms with Crippen LogP contribution in [-0.2, 0) is 28.0 Å². The molecule has 2 aliphatic heterocycles. The van der Waals surface area contributed by atoms with Gasteiger partial charge >= 0.3 is 6.03 Å². The zero-order valence-electron chi connectivity index (χ0n) is 14.7. The molecular formula is C18H20N4O4S. The van der Waals surface area contributed by atoms with E-state index in [0.29, 0.717) is 26.3 Å². The van der Waals surface area contributed by atoms with Gasteiger partial charge in [0.05, 0.1) is 13.2 Å². The molecule has 0 radical (unpaired) electrons. The molecule has 0 saturated carbocycles. The third-order valence-corrected chi connectivity index (χ3v) is 6.65. The average molecular weight is 388 g/mol. The number of pyridine rings is 1. The molecule has 2 amide bonds. The van der Waals surface area contributed by atoms with Crippen molar-refractivity contribution in [3.8, 4) is 0 Å². The van der Waals surface area contributed by atoms with Crippen LogP contribution in [0.2, 0.25) is 0 Å². The molecule has 142 valence electrons. The van der Waals surface area contributed by atoms with Crippen molar-refractivity contribution in [2.24, 2.45) is 0 Å². The first kappa shape index (κ1) is 17.9. The maximum absolute atomic E-state index is 12.6. The molecular weight excluding hydrogens is 368 g/mol. The second-order valence-corrected chi connectivity index (χ2v) is 8.42. The van der Waals surface area contributed by atoms with Crippen LogP contribution in [0.1, 0.15) is 11.1 Å². The van der Waals surface area contributed by atoms with Crippen LogP contribution in [0.15, 0.2) is 47.6 Å². The average Bonchev–Trinajstić information content (AvgIpc) is 3.16. The molecule has 4 rings (SSSR count). The summed E-state index contributed by atoms with van der Waals surface area (Å²) in [6.45, 7) is 2.34. The second kappa shape index (κ2) is 7.26. The van der Waals surface area contributed by atoms with E-state index in [1.54, 1.807) is 11.0 Å². The van der Waals surface area contributed by atoms with Crippen molar-refractivity contribution in [3.05, 3.63) is 53.9 Å². The topological polar surface area (TPSA) is 91.8 Å². The van der Waals surface area contributed by atoms with Gasteiger partial charge in [-0.1, -0.05) is 6.07 Å². The van der Waals surface area contributed by atoms with Crippen LogP contribution in [0.5, 0.6) is 0 Å². The summed E-state index contributed by atoms with van der Waals surface area (Å²) < 4.78 is 32.0. The molecule has 2 aromatic rings. The van der Waals surface area contributed by atoms with E-state index in [4.69, 9.17) is 4.74 Å². The van der Waals surface area contributed by atoms with Crippen molar-refractivity contribution in [3.63, 3.8) is 0 Å². The normalized spacial score (nSPS) is 17.6. The minimum absolute atomic E-state index is 0.170. The zero-order chi connectivity index (χ0) is 18.9. The Morgan fingerprint density at radius 3 is 2.59 bits per heavy atom. The van der Waals surface area contributed by atoms with Crippen molar-refractivity contribution < 1.29 is 17.9 Å². The third-order valence-electron chi connectivity index (χ3n) is 4.77. The summed E-state index contributed by atoms with van der Waals surface area (Å²) in [5, 5.41) is 2.88. The van der Waals surface area contributed by atoms with Crippen molar-refractivity contribution in [1.29, 1.82) is 0 Å². The maximum atomic E-state index is 12.6. The molecule has 0 spiro atoms. The number of hydrogen-bond donors (Lipinski definition) is 1. The summed E-state index contributed by atoms with van der Waals surface area (Å²) in [7, 11) is -3.58. The highest BCUT2D eigenvalue weighted by atomic mass is 32.2. The number of aromatic nitrogens is 1. The maximum Gasteiger partial charge on any atom is 0.321 e. The number of anilines is 1. The molecule has 3 heterocycles. The molecule has 1 saturated heterocycles. The first-order valence-electron chi connectivity index (χ1n) is 8.70. The molecule has 1 N–H and O–H groups in total. The van der Waals surface area contributed by atoms with Crippen LogP contribution in [-0.4, -0.2) is 54.8 Å². The molecule has 0 bridgehead atoms. The van der Waals surface area contributed by atoms with Crippen molar-refractivity contribution in [1.82, 2.24) is 14.2 Å². The molecule has 0 atom stereocenters. The smallest absolute Gasteiger partial charge is 0.321 e. The predicted octanol–water partition coefficient (Wildman–Crippen LogP) is 1.65. The number of fused-ring (bicyclic) bond motifs is 1. The first-order valence-corrected chi connectivity index (χ1v) is 10.1. The molecule has 1 fully saturated rings. The fourth-order valence-corrected chi connectivity index (χ4v) is 4.62. The minimum atomic E-state index is -3.58. The number of hydrogen-bond acceptors (Lipinski definition) is 5. The van der Waals surface area contributed by atoms with E-state index in [2.05, 4.69) is 10.3 Å². The molecule has 1 aromatic heterocycles. The molecule has 0 unspecified atom stereocenters. The Balaban J connectivity index is 1.37. The number of sulfonamides is 1. The first-order chi connectivity index (χ1) is 13.0. The van der Waals surface area contributed by atoms with Gasteiger partial charge in [-0.25, -0.2) is 13.2 Å². The highest BCUT2D eigenvalue weighted by Gasteiger charge is 2.30. The Labute approximate surface area is 157 Å². The van der Waals surface area contributed by atoms with Crippen LogP contribution in [0.3, 0.4) is 0 Å². The van der Waals surface area contributed by atoms with Gasteiger partial charge in [0.15, 0.2) is 0 Å². The Bertz CT molecular complexity index is 941. The van der Waals surface area contributed by atoms with E-state index < -0.39 is 10.0 Å². The number of benzene rings is 1. The van der Waals surface area contributed by atoms with Crippen molar-refractivity contribution in [2.45, 2.75) is 18.1 Å². The van der Waals surface area contributed by atoms with E-state index in [9.17, 15) is 13.2 Å². The lowest BCUT2D eigenvalue weighted by molar-refractivity contribution is 0.134. The lowest BCUT2D eigenvalue weighted by Gasteiger charge is -2.33. The summed E-state index contributed by atoms with van der Waals surface area (Å²) in [4.78, 5) is 18.2. The SMILES string of the molecule is O=C(Nc1ccc2c(c1)COC2)N1CCN(S(=O)(=O)c2cccnc2)CC1. The largest absolute Gasteiger partial charge is 0.372 e. The fourth-order valence-electron chi connectivity index (χ4n) is 3.23. The van der Waals surface area contributed by atoms with Gasteiger partial charge in [0.25, 0.3) is 0 Å². The quantitative estimate of drug-likeness (QED) is 0.863. The number of carbonyl (C=O) groups is 1. The predicted molar refractivity (Wildman–Crippen MR) is 98.5 cm³/mol. The van der Waals surface area contributed by atoms with Crippen molar-refractivity contribution >= 4 is 21.7 Å². The monoisotopic (exact) mass is 388 g/mol. The summed E-state index contributed by atoms with van der Waals surface area (Å²) >= 11 is 0. The van der Waals surface area contributed by atoms with E-state index in [0.717, 1.165) is 16.8 Å². The third kappa shape index (κ3) is 3.66. The Kier molecular flexibility index (Phi) is 4.81. The number of urea groups is 1.